The van der Waals surface area contributed by atoms with Crippen LogP contribution in [0.15, 0.2) is 28.7 Å². The predicted molar refractivity (Wildman–Crippen MR) is 89.3 cm³/mol. The summed E-state index contributed by atoms with van der Waals surface area (Å²) in [5, 5.41) is 4.51. The standard InChI is InChI=1S/C17H22BrN3/c1-12-16(18)15(21(2)20-12)10-17(11-19)8-7-13-5-3-4-6-14(13)9-17/h3-6H,7-11,19H2,1-2H3. The normalized spacial score (nSPS) is 21.3. The van der Waals surface area contributed by atoms with Gasteiger partial charge in [-0.2, -0.15) is 5.10 Å². The van der Waals surface area contributed by atoms with Crippen molar-refractivity contribution in [2.24, 2.45) is 18.2 Å². The van der Waals surface area contributed by atoms with Gasteiger partial charge in [-0.1, -0.05) is 24.3 Å². The predicted octanol–water partition coefficient (Wildman–Crippen LogP) is 3.17. The van der Waals surface area contributed by atoms with E-state index in [0.29, 0.717) is 0 Å². The minimum Gasteiger partial charge on any atom is -0.330 e. The van der Waals surface area contributed by atoms with Crippen molar-refractivity contribution in [3.63, 3.8) is 0 Å². The molecule has 21 heavy (non-hydrogen) atoms. The van der Waals surface area contributed by atoms with Crippen LogP contribution in [0.25, 0.3) is 0 Å². The van der Waals surface area contributed by atoms with Crippen LogP contribution in [-0.4, -0.2) is 16.3 Å². The van der Waals surface area contributed by atoms with Crippen molar-refractivity contribution in [1.29, 1.82) is 0 Å². The van der Waals surface area contributed by atoms with Crippen LogP contribution in [0.5, 0.6) is 0 Å². The lowest BCUT2D eigenvalue weighted by Gasteiger charge is -2.37. The Kier molecular flexibility index (Phi) is 3.93. The van der Waals surface area contributed by atoms with E-state index >= 15 is 0 Å². The van der Waals surface area contributed by atoms with Gasteiger partial charge in [0.15, 0.2) is 0 Å². The molecule has 112 valence electrons. The average Bonchev–Trinajstić information content (AvgIpc) is 2.73. The molecule has 2 N–H and O–H groups in total. The van der Waals surface area contributed by atoms with Gasteiger partial charge in [-0.3, -0.25) is 4.68 Å². The maximum absolute atomic E-state index is 6.21. The first-order valence-electron chi connectivity index (χ1n) is 7.49. The number of benzene rings is 1. The molecule has 0 bridgehead atoms. The zero-order chi connectivity index (χ0) is 15.0. The molecule has 1 aromatic carbocycles. The highest BCUT2D eigenvalue weighted by atomic mass is 79.9. The summed E-state index contributed by atoms with van der Waals surface area (Å²) in [4.78, 5) is 0. The lowest BCUT2D eigenvalue weighted by Crippen LogP contribution is -2.39. The second-order valence-electron chi connectivity index (χ2n) is 6.30. The summed E-state index contributed by atoms with van der Waals surface area (Å²) >= 11 is 3.69. The van der Waals surface area contributed by atoms with Gasteiger partial charge < -0.3 is 5.73 Å². The first-order valence-corrected chi connectivity index (χ1v) is 8.29. The Hall–Kier alpha value is -1.13. The first kappa shape index (κ1) is 14.8. The third-order valence-corrected chi connectivity index (χ3v) is 5.88. The van der Waals surface area contributed by atoms with Gasteiger partial charge in [0.05, 0.1) is 15.9 Å². The summed E-state index contributed by atoms with van der Waals surface area (Å²) in [6.07, 6.45) is 4.32. The third-order valence-electron chi connectivity index (χ3n) is 4.85. The van der Waals surface area contributed by atoms with Gasteiger partial charge in [-0.25, -0.2) is 0 Å². The summed E-state index contributed by atoms with van der Waals surface area (Å²) in [5.74, 6) is 0. The van der Waals surface area contributed by atoms with E-state index in [0.717, 1.165) is 42.4 Å². The molecule has 0 radical (unpaired) electrons. The number of hydrogen-bond acceptors (Lipinski definition) is 2. The van der Waals surface area contributed by atoms with Crippen LogP contribution in [0, 0.1) is 12.3 Å². The monoisotopic (exact) mass is 347 g/mol. The van der Waals surface area contributed by atoms with Gasteiger partial charge in [-0.15, -0.1) is 0 Å². The molecule has 0 aliphatic heterocycles. The molecule has 1 aromatic heterocycles. The molecule has 0 fully saturated rings. The number of rotatable bonds is 3. The van der Waals surface area contributed by atoms with Crippen molar-refractivity contribution in [3.05, 3.63) is 51.3 Å². The van der Waals surface area contributed by atoms with Gasteiger partial charge in [0.2, 0.25) is 0 Å². The zero-order valence-electron chi connectivity index (χ0n) is 12.7. The van der Waals surface area contributed by atoms with Crippen LogP contribution in [0.3, 0.4) is 0 Å². The molecule has 1 aliphatic carbocycles. The van der Waals surface area contributed by atoms with E-state index in [1.807, 2.05) is 18.7 Å². The average molecular weight is 348 g/mol. The summed E-state index contributed by atoms with van der Waals surface area (Å²) < 4.78 is 3.13. The fourth-order valence-corrected chi connectivity index (χ4v) is 3.97. The van der Waals surface area contributed by atoms with Crippen LogP contribution < -0.4 is 5.73 Å². The van der Waals surface area contributed by atoms with Crippen molar-refractivity contribution in [1.82, 2.24) is 9.78 Å². The molecule has 0 saturated carbocycles. The van der Waals surface area contributed by atoms with E-state index in [4.69, 9.17) is 5.73 Å². The molecule has 3 rings (SSSR count). The molecule has 1 aliphatic rings. The summed E-state index contributed by atoms with van der Waals surface area (Å²) in [6.45, 7) is 2.76. The number of aryl methyl sites for hydroxylation is 3. The highest BCUT2D eigenvalue weighted by molar-refractivity contribution is 9.10. The van der Waals surface area contributed by atoms with Crippen LogP contribution in [0.1, 0.15) is 28.9 Å². The summed E-state index contributed by atoms with van der Waals surface area (Å²) in [5.41, 5.74) is 11.6. The van der Waals surface area contributed by atoms with E-state index < -0.39 is 0 Å². The van der Waals surface area contributed by atoms with Gasteiger partial charge in [0.1, 0.15) is 0 Å². The van der Waals surface area contributed by atoms with Crippen LogP contribution in [-0.2, 0) is 26.3 Å². The molecule has 3 nitrogen and oxygen atoms in total. The Labute approximate surface area is 134 Å². The molecule has 0 saturated heterocycles. The van der Waals surface area contributed by atoms with Gasteiger partial charge in [0.25, 0.3) is 0 Å². The lowest BCUT2D eigenvalue weighted by molar-refractivity contribution is 0.248. The Bertz CT molecular complexity index is 662. The molecular formula is C17H22BrN3. The van der Waals surface area contributed by atoms with E-state index in [9.17, 15) is 0 Å². The Balaban J connectivity index is 1.92. The van der Waals surface area contributed by atoms with Gasteiger partial charge in [0, 0.05) is 7.05 Å². The fourth-order valence-electron chi connectivity index (χ4n) is 3.49. The number of halogens is 1. The Morgan fingerprint density at radius 1 is 1.33 bits per heavy atom. The fraction of sp³-hybridized carbons (Fsp3) is 0.471. The van der Waals surface area contributed by atoms with Crippen LogP contribution >= 0.6 is 15.9 Å². The molecule has 1 heterocycles. The molecule has 0 spiro atoms. The van der Waals surface area contributed by atoms with Crippen molar-refractivity contribution < 1.29 is 0 Å². The largest absolute Gasteiger partial charge is 0.330 e. The zero-order valence-corrected chi connectivity index (χ0v) is 14.3. The second kappa shape index (κ2) is 5.58. The van der Waals surface area contributed by atoms with Crippen molar-refractivity contribution in [2.45, 2.75) is 32.6 Å². The molecule has 1 atom stereocenters. The maximum atomic E-state index is 6.21. The minimum atomic E-state index is 0.150. The minimum absolute atomic E-state index is 0.150. The van der Waals surface area contributed by atoms with E-state index in [1.165, 1.54) is 16.8 Å². The first-order chi connectivity index (χ1) is 10.0. The van der Waals surface area contributed by atoms with E-state index in [-0.39, 0.29) is 5.41 Å². The van der Waals surface area contributed by atoms with Crippen LogP contribution in [0.4, 0.5) is 0 Å². The topological polar surface area (TPSA) is 43.8 Å². The summed E-state index contributed by atoms with van der Waals surface area (Å²) in [7, 11) is 2.02. The highest BCUT2D eigenvalue weighted by Gasteiger charge is 2.35. The van der Waals surface area contributed by atoms with Crippen molar-refractivity contribution in [2.75, 3.05) is 6.54 Å². The van der Waals surface area contributed by atoms with Gasteiger partial charge >= 0.3 is 0 Å². The summed E-state index contributed by atoms with van der Waals surface area (Å²) in [6, 6.07) is 8.77. The van der Waals surface area contributed by atoms with Gasteiger partial charge in [-0.05, 0) is 71.6 Å². The van der Waals surface area contributed by atoms with Crippen molar-refractivity contribution in [3.8, 4) is 0 Å². The van der Waals surface area contributed by atoms with E-state index in [1.54, 1.807) is 0 Å². The maximum Gasteiger partial charge on any atom is 0.0738 e. The second-order valence-corrected chi connectivity index (χ2v) is 7.09. The lowest BCUT2D eigenvalue weighted by atomic mass is 9.69. The van der Waals surface area contributed by atoms with Crippen LogP contribution in [0.2, 0.25) is 0 Å². The number of nitrogens with two attached hydrogens (primary N) is 1. The molecule has 1 unspecified atom stereocenters. The number of aromatic nitrogens is 2. The Morgan fingerprint density at radius 3 is 2.67 bits per heavy atom. The molecule has 4 heteroatoms. The van der Waals surface area contributed by atoms with E-state index in [2.05, 4.69) is 45.3 Å². The molecular weight excluding hydrogens is 326 g/mol. The smallest absolute Gasteiger partial charge is 0.0738 e. The Morgan fingerprint density at radius 2 is 2.05 bits per heavy atom. The SMILES string of the molecule is Cc1nn(C)c(CC2(CN)CCc3ccccc3C2)c1Br. The van der Waals surface area contributed by atoms with Crippen molar-refractivity contribution >= 4 is 15.9 Å². The highest BCUT2D eigenvalue weighted by Crippen LogP contribution is 2.39. The molecule has 2 aromatic rings. The molecule has 0 amide bonds. The third kappa shape index (κ3) is 2.67. The number of nitrogens with zero attached hydrogens (tertiary/aromatic N) is 2. The quantitative estimate of drug-likeness (QED) is 0.926. The number of hydrogen-bond donors (Lipinski definition) is 1. The number of fused-ring (bicyclic) bond motifs is 1.